The Labute approximate surface area is 95.0 Å². The van der Waals surface area contributed by atoms with Gasteiger partial charge < -0.3 is 10.6 Å². The predicted molar refractivity (Wildman–Crippen MR) is 61.7 cm³/mol. The molecule has 0 atom stereocenters. The monoisotopic (exact) mass is 224 g/mol. The molecule has 0 aromatic heterocycles. The third-order valence-corrected chi connectivity index (χ3v) is 2.18. The lowest BCUT2D eigenvalue weighted by Gasteiger charge is -2.06. The van der Waals surface area contributed by atoms with Crippen molar-refractivity contribution in [2.24, 2.45) is 0 Å². The van der Waals surface area contributed by atoms with Gasteiger partial charge in [0.05, 0.1) is 6.42 Å². The van der Waals surface area contributed by atoms with E-state index in [1.165, 1.54) is 6.07 Å². The van der Waals surface area contributed by atoms with Crippen molar-refractivity contribution in [1.29, 1.82) is 0 Å². The Morgan fingerprint density at radius 2 is 2.06 bits per heavy atom. The summed E-state index contributed by atoms with van der Waals surface area (Å²) in [5.41, 5.74) is 0.434. The Morgan fingerprint density at radius 1 is 1.31 bits per heavy atom. The molecule has 0 spiro atoms. The first-order valence-corrected chi connectivity index (χ1v) is 5.45. The molecule has 0 saturated heterocycles. The van der Waals surface area contributed by atoms with Gasteiger partial charge in [0.25, 0.3) is 0 Å². The van der Waals surface area contributed by atoms with Crippen LogP contribution in [0.1, 0.15) is 12.5 Å². The highest BCUT2D eigenvalue weighted by Gasteiger charge is 2.06. The molecule has 88 valence electrons. The third-order valence-electron chi connectivity index (χ3n) is 2.18. The second-order valence-electron chi connectivity index (χ2n) is 3.47. The van der Waals surface area contributed by atoms with Gasteiger partial charge in [-0.15, -0.1) is 0 Å². The predicted octanol–water partition coefficient (Wildman–Crippen LogP) is 1.09. The zero-order valence-corrected chi connectivity index (χ0v) is 9.42. The summed E-state index contributed by atoms with van der Waals surface area (Å²) < 4.78 is 13.2. The molecule has 0 heterocycles. The summed E-state index contributed by atoms with van der Waals surface area (Å²) in [6.07, 6.45) is 0.0960. The molecule has 0 saturated carbocycles. The van der Waals surface area contributed by atoms with Crippen molar-refractivity contribution in [2.75, 3.05) is 19.6 Å². The Kier molecular flexibility index (Phi) is 5.50. The minimum Gasteiger partial charge on any atom is -0.355 e. The van der Waals surface area contributed by atoms with E-state index in [-0.39, 0.29) is 18.1 Å². The number of carbonyl (C=O) groups is 1. The number of nitrogens with one attached hydrogen (secondary N) is 2. The molecule has 0 aliphatic carbocycles. The average molecular weight is 224 g/mol. The maximum absolute atomic E-state index is 13.2. The SMILES string of the molecule is CCNCCNC(=O)Cc1ccccc1F. The molecule has 0 aliphatic rings. The molecule has 4 heteroatoms. The summed E-state index contributed by atoms with van der Waals surface area (Å²) in [7, 11) is 0. The summed E-state index contributed by atoms with van der Waals surface area (Å²) in [6.45, 7) is 4.19. The fourth-order valence-corrected chi connectivity index (χ4v) is 1.34. The average Bonchev–Trinajstić information content (AvgIpc) is 2.28. The number of likely N-dealkylation sites (N-methyl/N-ethyl adjacent to an activating group) is 1. The van der Waals surface area contributed by atoms with Crippen molar-refractivity contribution in [1.82, 2.24) is 10.6 Å². The highest BCUT2D eigenvalue weighted by atomic mass is 19.1. The van der Waals surface area contributed by atoms with E-state index in [0.29, 0.717) is 12.1 Å². The van der Waals surface area contributed by atoms with Gasteiger partial charge in [-0.05, 0) is 18.2 Å². The Morgan fingerprint density at radius 3 is 2.75 bits per heavy atom. The normalized spacial score (nSPS) is 10.1. The first-order valence-electron chi connectivity index (χ1n) is 5.45. The largest absolute Gasteiger partial charge is 0.355 e. The van der Waals surface area contributed by atoms with Crippen molar-refractivity contribution in [3.63, 3.8) is 0 Å². The van der Waals surface area contributed by atoms with Crippen LogP contribution in [-0.4, -0.2) is 25.5 Å². The molecular formula is C12H17FN2O. The Bertz CT molecular complexity index is 342. The smallest absolute Gasteiger partial charge is 0.224 e. The van der Waals surface area contributed by atoms with Gasteiger partial charge in [0.2, 0.25) is 5.91 Å². The van der Waals surface area contributed by atoms with Crippen LogP contribution in [0.4, 0.5) is 4.39 Å². The minimum atomic E-state index is -0.329. The van der Waals surface area contributed by atoms with Crippen LogP contribution in [0.25, 0.3) is 0 Å². The number of halogens is 1. The molecule has 2 N–H and O–H groups in total. The van der Waals surface area contributed by atoms with Crippen LogP contribution in [-0.2, 0) is 11.2 Å². The molecule has 3 nitrogen and oxygen atoms in total. The van der Waals surface area contributed by atoms with Gasteiger partial charge in [-0.1, -0.05) is 25.1 Å². The summed E-state index contributed by atoms with van der Waals surface area (Å²) in [4.78, 5) is 11.4. The van der Waals surface area contributed by atoms with E-state index in [1.54, 1.807) is 18.2 Å². The van der Waals surface area contributed by atoms with Crippen LogP contribution in [0.15, 0.2) is 24.3 Å². The van der Waals surface area contributed by atoms with Gasteiger partial charge in [-0.2, -0.15) is 0 Å². The van der Waals surface area contributed by atoms with E-state index in [1.807, 2.05) is 6.92 Å². The molecule has 0 radical (unpaired) electrons. The van der Waals surface area contributed by atoms with Gasteiger partial charge in [-0.25, -0.2) is 4.39 Å². The van der Waals surface area contributed by atoms with E-state index in [9.17, 15) is 9.18 Å². The number of benzene rings is 1. The van der Waals surface area contributed by atoms with Gasteiger partial charge >= 0.3 is 0 Å². The standard InChI is InChI=1S/C12H17FN2O/c1-2-14-7-8-15-12(16)9-10-5-3-4-6-11(10)13/h3-6,14H,2,7-9H2,1H3,(H,15,16). The van der Waals surface area contributed by atoms with E-state index >= 15 is 0 Å². The molecule has 1 amide bonds. The molecule has 0 fully saturated rings. The zero-order chi connectivity index (χ0) is 11.8. The first-order chi connectivity index (χ1) is 7.74. The number of rotatable bonds is 6. The lowest BCUT2D eigenvalue weighted by atomic mass is 10.1. The van der Waals surface area contributed by atoms with Gasteiger partial charge in [-0.3, -0.25) is 4.79 Å². The number of hydrogen-bond acceptors (Lipinski definition) is 2. The summed E-state index contributed by atoms with van der Waals surface area (Å²) in [6, 6.07) is 6.33. The van der Waals surface area contributed by atoms with E-state index in [2.05, 4.69) is 10.6 Å². The summed E-state index contributed by atoms with van der Waals surface area (Å²) in [5.74, 6) is -0.479. The fourth-order valence-electron chi connectivity index (χ4n) is 1.34. The Hall–Kier alpha value is -1.42. The van der Waals surface area contributed by atoms with Crippen molar-refractivity contribution in [3.05, 3.63) is 35.6 Å². The van der Waals surface area contributed by atoms with Crippen molar-refractivity contribution in [2.45, 2.75) is 13.3 Å². The molecule has 16 heavy (non-hydrogen) atoms. The number of amides is 1. The highest BCUT2D eigenvalue weighted by molar-refractivity contribution is 5.78. The van der Waals surface area contributed by atoms with E-state index < -0.39 is 0 Å². The molecule has 1 rings (SSSR count). The quantitative estimate of drug-likeness (QED) is 0.710. The lowest BCUT2D eigenvalue weighted by molar-refractivity contribution is -0.120. The van der Waals surface area contributed by atoms with Crippen LogP contribution >= 0.6 is 0 Å². The lowest BCUT2D eigenvalue weighted by Crippen LogP contribution is -2.32. The van der Waals surface area contributed by atoms with Gasteiger partial charge in [0.15, 0.2) is 0 Å². The van der Waals surface area contributed by atoms with Crippen LogP contribution in [0.5, 0.6) is 0 Å². The van der Waals surface area contributed by atoms with E-state index in [4.69, 9.17) is 0 Å². The molecule has 1 aromatic rings. The maximum atomic E-state index is 13.2. The summed E-state index contributed by atoms with van der Waals surface area (Å²) >= 11 is 0. The van der Waals surface area contributed by atoms with Crippen LogP contribution in [0.3, 0.4) is 0 Å². The van der Waals surface area contributed by atoms with Crippen molar-refractivity contribution >= 4 is 5.91 Å². The summed E-state index contributed by atoms with van der Waals surface area (Å²) in [5, 5.41) is 5.82. The van der Waals surface area contributed by atoms with Crippen molar-refractivity contribution < 1.29 is 9.18 Å². The molecular weight excluding hydrogens is 207 g/mol. The zero-order valence-electron chi connectivity index (χ0n) is 9.42. The van der Waals surface area contributed by atoms with Crippen LogP contribution < -0.4 is 10.6 Å². The molecule has 1 aromatic carbocycles. The number of hydrogen-bond donors (Lipinski definition) is 2. The second kappa shape index (κ2) is 6.95. The second-order valence-corrected chi connectivity index (χ2v) is 3.47. The third kappa shape index (κ3) is 4.40. The first kappa shape index (κ1) is 12.6. The molecule has 0 aliphatic heterocycles. The maximum Gasteiger partial charge on any atom is 0.224 e. The fraction of sp³-hybridized carbons (Fsp3) is 0.417. The van der Waals surface area contributed by atoms with Gasteiger partial charge in [0, 0.05) is 13.1 Å². The highest BCUT2D eigenvalue weighted by Crippen LogP contribution is 2.06. The van der Waals surface area contributed by atoms with Crippen LogP contribution in [0.2, 0.25) is 0 Å². The number of carbonyl (C=O) groups excluding carboxylic acids is 1. The Balaban J connectivity index is 2.32. The molecule has 0 unspecified atom stereocenters. The molecule has 0 bridgehead atoms. The van der Waals surface area contributed by atoms with Gasteiger partial charge in [0.1, 0.15) is 5.82 Å². The van der Waals surface area contributed by atoms with Crippen LogP contribution in [0, 0.1) is 5.82 Å². The van der Waals surface area contributed by atoms with Crippen molar-refractivity contribution in [3.8, 4) is 0 Å². The minimum absolute atomic E-state index is 0.0960. The van der Waals surface area contributed by atoms with E-state index in [0.717, 1.165) is 13.1 Å². The topological polar surface area (TPSA) is 41.1 Å².